The van der Waals surface area contributed by atoms with Gasteiger partial charge in [-0.3, -0.25) is 0 Å². The number of unbranched alkanes of at least 4 members (excludes halogenated alkanes) is 1. The predicted octanol–water partition coefficient (Wildman–Crippen LogP) is 2.48. The quantitative estimate of drug-likeness (QED) is 0.720. The summed E-state index contributed by atoms with van der Waals surface area (Å²) in [4.78, 5) is 2.31. The number of nitrogens with two attached hydrogens (primary N) is 1. The van der Waals surface area contributed by atoms with Gasteiger partial charge in [-0.1, -0.05) is 37.6 Å². The van der Waals surface area contributed by atoms with Crippen LogP contribution in [0.3, 0.4) is 0 Å². The van der Waals surface area contributed by atoms with Crippen molar-refractivity contribution in [2.75, 3.05) is 26.2 Å². The molecule has 1 rings (SSSR count). The van der Waals surface area contributed by atoms with Crippen LogP contribution in [-0.4, -0.2) is 36.2 Å². The molecule has 0 heterocycles. The molecule has 0 saturated carbocycles. The maximum Gasteiger partial charge on any atom is 0.0558 e. The first-order valence-electron chi connectivity index (χ1n) is 7.33. The maximum absolute atomic E-state index is 9.09. The van der Waals surface area contributed by atoms with Crippen LogP contribution in [0.1, 0.15) is 43.4 Å². The highest BCUT2D eigenvalue weighted by Crippen LogP contribution is 2.18. The number of benzene rings is 1. The summed E-state index contributed by atoms with van der Waals surface area (Å²) in [5.41, 5.74) is 8.78. The lowest BCUT2D eigenvalue weighted by Gasteiger charge is -2.23. The van der Waals surface area contributed by atoms with Gasteiger partial charge < -0.3 is 15.7 Å². The number of aliphatic hydroxyl groups excluding tert-OH is 1. The normalized spacial score (nSPS) is 12.9. The molecule has 3 nitrogen and oxygen atoms in total. The number of rotatable bonds is 9. The molecule has 19 heavy (non-hydrogen) atoms. The highest BCUT2D eigenvalue weighted by atomic mass is 16.3. The van der Waals surface area contributed by atoms with Crippen LogP contribution >= 0.6 is 0 Å². The molecule has 0 aromatic heterocycles. The fourth-order valence-corrected chi connectivity index (χ4v) is 2.34. The molecular weight excluding hydrogens is 236 g/mol. The van der Waals surface area contributed by atoms with Gasteiger partial charge in [-0.25, -0.2) is 0 Å². The summed E-state index contributed by atoms with van der Waals surface area (Å²) in [6.45, 7) is 7.28. The van der Waals surface area contributed by atoms with Gasteiger partial charge in [0.2, 0.25) is 0 Å². The minimum absolute atomic E-state index is 0.0871. The molecule has 0 bridgehead atoms. The van der Waals surface area contributed by atoms with Crippen LogP contribution in [0.5, 0.6) is 0 Å². The number of aryl methyl sites for hydroxylation is 1. The molecule has 0 spiro atoms. The van der Waals surface area contributed by atoms with Crippen molar-refractivity contribution in [3.63, 3.8) is 0 Å². The van der Waals surface area contributed by atoms with E-state index < -0.39 is 0 Å². The smallest absolute Gasteiger partial charge is 0.0558 e. The highest BCUT2D eigenvalue weighted by Gasteiger charge is 2.11. The lowest BCUT2D eigenvalue weighted by atomic mass is 9.99. The molecule has 1 aromatic carbocycles. The van der Waals surface area contributed by atoms with E-state index in [0.717, 1.165) is 26.1 Å². The van der Waals surface area contributed by atoms with Gasteiger partial charge in [0.05, 0.1) is 6.61 Å². The largest absolute Gasteiger partial charge is 0.395 e. The van der Waals surface area contributed by atoms with E-state index in [2.05, 4.69) is 30.9 Å². The average Bonchev–Trinajstić information content (AvgIpc) is 2.42. The Labute approximate surface area is 117 Å². The second-order valence-corrected chi connectivity index (χ2v) is 5.17. The van der Waals surface area contributed by atoms with E-state index in [1.165, 1.54) is 24.0 Å². The summed E-state index contributed by atoms with van der Waals surface area (Å²) in [5, 5.41) is 9.09. The summed E-state index contributed by atoms with van der Waals surface area (Å²) >= 11 is 0. The molecule has 1 atom stereocenters. The van der Waals surface area contributed by atoms with Crippen molar-refractivity contribution < 1.29 is 5.11 Å². The van der Waals surface area contributed by atoms with E-state index in [4.69, 9.17) is 10.8 Å². The summed E-state index contributed by atoms with van der Waals surface area (Å²) in [5.74, 6) is 0. The lowest BCUT2D eigenvalue weighted by Crippen LogP contribution is -2.31. The first-order chi connectivity index (χ1) is 9.19. The number of hydrogen-bond acceptors (Lipinski definition) is 3. The zero-order chi connectivity index (χ0) is 14.1. The summed E-state index contributed by atoms with van der Waals surface area (Å²) in [6, 6.07) is 8.40. The standard InChI is InChI=1S/C16H28N2O/c1-3-4-10-18(12-13-19)11-9-16(17)15-8-6-5-7-14(15)2/h5-8,16,19H,3-4,9-13,17H2,1-2H3. The lowest BCUT2D eigenvalue weighted by molar-refractivity contribution is 0.189. The minimum Gasteiger partial charge on any atom is -0.395 e. The molecule has 0 fully saturated rings. The van der Waals surface area contributed by atoms with Crippen molar-refractivity contribution in [1.82, 2.24) is 4.90 Å². The molecule has 0 aliphatic rings. The van der Waals surface area contributed by atoms with Gasteiger partial charge in [-0.2, -0.15) is 0 Å². The Morgan fingerprint density at radius 1 is 1.21 bits per heavy atom. The zero-order valence-electron chi connectivity index (χ0n) is 12.3. The van der Waals surface area contributed by atoms with Crippen LogP contribution in [-0.2, 0) is 0 Å². The Bertz CT molecular complexity index is 354. The second-order valence-electron chi connectivity index (χ2n) is 5.17. The third kappa shape index (κ3) is 5.72. The van der Waals surface area contributed by atoms with Crippen molar-refractivity contribution >= 4 is 0 Å². The molecule has 0 aliphatic carbocycles. The number of hydrogen-bond donors (Lipinski definition) is 2. The van der Waals surface area contributed by atoms with Gasteiger partial charge in [0.1, 0.15) is 0 Å². The molecule has 1 aromatic rings. The van der Waals surface area contributed by atoms with Crippen molar-refractivity contribution in [3.05, 3.63) is 35.4 Å². The van der Waals surface area contributed by atoms with Gasteiger partial charge in [-0.15, -0.1) is 0 Å². The van der Waals surface area contributed by atoms with E-state index in [-0.39, 0.29) is 12.6 Å². The van der Waals surface area contributed by atoms with Crippen LogP contribution in [0.2, 0.25) is 0 Å². The SMILES string of the molecule is CCCCN(CCO)CCC(N)c1ccccc1C. The van der Waals surface area contributed by atoms with Crippen LogP contribution in [0.4, 0.5) is 0 Å². The summed E-state index contributed by atoms with van der Waals surface area (Å²) in [6.07, 6.45) is 3.31. The zero-order valence-corrected chi connectivity index (χ0v) is 12.3. The third-order valence-corrected chi connectivity index (χ3v) is 3.59. The van der Waals surface area contributed by atoms with Gasteiger partial charge in [0, 0.05) is 19.1 Å². The number of nitrogens with zero attached hydrogens (tertiary/aromatic N) is 1. The van der Waals surface area contributed by atoms with E-state index in [1.54, 1.807) is 0 Å². The van der Waals surface area contributed by atoms with Crippen LogP contribution < -0.4 is 5.73 Å². The van der Waals surface area contributed by atoms with E-state index >= 15 is 0 Å². The Hall–Kier alpha value is -0.900. The van der Waals surface area contributed by atoms with Gasteiger partial charge in [-0.05, 0) is 37.4 Å². The molecule has 3 heteroatoms. The van der Waals surface area contributed by atoms with Crippen molar-refractivity contribution in [2.24, 2.45) is 5.73 Å². The molecule has 0 aliphatic heterocycles. The van der Waals surface area contributed by atoms with Crippen molar-refractivity contribution in [1.29, 1.82) is 0 Å². The molecule has 0 amide bonds. The topological polar surface area (TPSA) is 49.5 Å². The van der Waals surface area contributed by atoms with Crippen LogP contribution in [0.25, 0.3) is 0 Å². The van der Waals surface area contributed by atoms with Crippen LogP contribution in [0, 0.1) is 6.92 Å². The highest BCUT2D eigenvalue weighted by molar-refractivity contribution is 5.28. The monoisotopic (exact) mass is 264 g/mol. The Morgan fingerprint density at radius 3 is 2.58 bits per heavy atom. The maximum atomic E-state index is 9.09. The fraction of sp³-hybridized carbons (Fsp3) is 0.625. The van der Waals surface area contributed by atoms with Crippen LogP contribution in [0.15, 0.2) is 24.3 Å². The predicted molar refractivity (Wildman–Crippen MR) is 81.2 cm³/mol. The first-order valence-corrected chi connectivity index (χ1v) is 7.33. The van der Waals surface area contributed by atoms with Gasteiger partial charge in [0.25, 0.3) is 0 Å². The Kier molecular flexibility index (Phi) is 7.72. The van der Waals surface area contributed by atoms with E-state index in [1.807, 2.05) is 12.1 Å². The first kappa shape index (κ1) is 16.2. The average molecular weight is 264 g/mol. The minimum atomic E-state index is 0.0871. The van der Waals surface area contributed by atoms with Gasteiger partial charge >= 0.3 is 0 Å². The van der Waals surface area contributed by atoms with Crippen molar-refractivity contribution in [3.8, 4) is 0 Å². The molecule has 0 saturated heterocycles. The summed E-state index contributed by atoms with van der Waals surface area (Å²) < 4.78 is 0. The fourth-order valence-electron chi connectivity index (χ4n) is 2.34. The Balaban J connectivity index is 2.47. The van der Waals surface area contributed by atoms with Gasteiger partial charge in [0.15, 0.2) is 0 Å². The third-order valence-electron chi connectivity index (χ3n) is 3.59. The molecule has 0 radical (unpaired) electrons. The molecule has 1 unspecified atom stereocenters. The van der Waals surface area contributed by atoms with E-state index in [9.17, 15) is 0 Å². The number of aliphatic hydroxyl groups is 1. The molecule has 3 N–H and O–H groups in total. The molecular formula is C16H28N2O. The van der Waals surface area contributed by atoms with E-state index in [0.29, 0.717) is 0 Å². The Morgan fingerprint density at radius 2 is 1.95 bits per heavy atom. The second kappa shape index (κ2) is 9.08. The van der Waals surface area contributed by atoms with Crippen molar-refractivity contribution in [2.45, 2.75) is 39.2 Å². The summed E-state index contributed by atoms with van der Waals surface area (Å²) in [7, 11) is 0. The molecule has 108 valence electrons.